The maximum atomic E-state index is 5.45. The standard InChI is InChI=1S/C13H20N2O/c1-11-4-5-12(9-15-11)7-14-8-13-3-2-6-16-10-13/h4-5,9,13-14H,2-3,6-8,10H2,1H3. The second-order valence-corrected chi connectivity index (χ2v) is 4.52. The highest BCUT2D eigenvalue weighted by atomic mass is 16.5. The second-order valence-electron chi connectivity index (χ2n) is 4.52. The van der Waals surface area contributed by atoms with Gasteiger partial charge in [-0.3, -0.25) is 4.98 Å². The Morgan fingerprint density at radius 3 is 3.12 bits per heavy atom. The lowest BCUT2D eigenvalue weighted by atomic mass is 10.0. The number of ether oxygens (including phenoxy) is 1. The van der Waals surface area contributed by atoms with Crippen LogP contribution in [0.4, 0.5) is 0 Å². The first-order chi connectivity index (χ1) is 7.84. The van der Waals surface area contributed by atoms with E-state index in [0.717, 1.165) is 32.0 Å². The largest absolute Gasteiger partial charge is 0.381 e. The maximum absolute atomic E-state index is 5.45. The lowest BCUT2D eigenvalue weighted by Gasteiger charge is -2.22. The molecule has 0 aromatic carbocycles. The molecule has 1 aromatic rings. The molecule has 2 rings (SSSR count). The van der Waals surface area contributed by atoms with Crippen molar-refractivity contribution in [3.8, 4) is 0 Å². The zero-order chi connectivity index (χ0) is 11.2. The fraction of sp³-hybridized carbons (Fsp3) is 0.615. The summed E-state index contributed by atoms with van der Waals surface area (Å²) in [5.41, 5.74) is 2.33. The van der Waals surface area contributed by atoms with Crippen molar-refractivity contribution in [1.29, 1.82) is 0 Å². The van der Waals surface area contributed by atoms with Crippen molar-refractivity contribution < 1.29 is 4.74 Å². The van der Waals surface area contributed by atoms with Gasteiger partial charge in [0.15, 0.2) is 0 Å². The van der Waals surface area contributed by atoms with E-state index in [2.05, 4.69) is 22.4 Å². The van der Waals surface area contributed by atoms with Gasteiger partial charge in [-0.2, -0.15) is 0 Å². The van der Waals surface area contributed by atoms with Gasteiger partial charge in [0, 0.05) is 31.6 Å². The first kappa shape index (κ1) is 11.6. The molecule has 88 valence electrons. The van der Waals surface area contributed by atoms with Gasteiger partial charge < -0.3 is 10.1 Å². The van der Waals surface area contributed by atoms with Crippen LogP contribution in [-0.2, 0) is 11.3 Å². The van der Waals surface area contributed by atoms with E-state index >= 15 is 0 Å². The van der Waals surface area contributed by atoms with Crippen molar-refractivity contribution in [3.63, 3.8) is 0 Å². The second kappa shape index (κ2) is 5.97. The molecular formula is C13H20N2O. The Labute approximate surface area is 97.2 Å². The Hall–Kier alpha value is -0.930. The predicted octanol–water partition coefficient (Wildman–Crippen LogP) is 1.91. The summed E-state index contributed by atoms with van der Waals surface area (Å²) in [6.07, 6.45) is 4.44. The summed E-state index contributed by atoms with van der Waals surface area (Å²) in [6, 6.07) is 4.19. The van der Waals surface area contributed by atoms with Gasteiger partial charge in [0.1, 0.15) is 0 Å². The summed E-state index contributed by atoms with van der Waals surface area (Å²) in [6.45, 7) is 5.83. The minimum atomic E-state index is 0.687. The topological polar surface area (TPSA) is 34.1 Å². The number of nitrogens with zero attached hydrogens (tertiary/aromatic N) is 1. The number of aromatic nitrogens is 1. The van der Waals surface area contributed by atoms with E-state index in [4.69, 9.17) is 4.74 Å². The normalized spacial score (nSPS) is 20.9. The van der Waals surface area contributed by atoms with Gasteiger partial charge in [0.25, 0.3) is 0 Å². The molecule has 0 amide bonds. The van der Waals surface area contributed by atoms with E-state index < -0.39 is 0 Å². The van der Waals surface area contributed by atoms with Crippen molar-refractivity contribution in [3.05, 3.63) is 29.6 Å². The van der Waals surface area contributed by atoms with Crippen molar-refractivity contribution in [2.45, 2.75) is 26.3 Å². The zero-order valence-electron chi connectivity index (χ0n) is 9.91. The predicted molar refractivity (Wildman–Crippen MR) is 64.2 cm³/mol. The molecule has 0 aliphatic carbocycles. The minimum absolute atomic E-state index is 0.687. The molecule has 0 radical (unpaired) electrons. The Kier molecular flexibility index (Phi) is 4.31. The highest BCUT2D eigenvalue weighted by molar-refractivity contribution is 5.12. The molecule has 3 heteroatoms. The summed E-state index contributed by atoms with van der Waals surface area (Å²) >= 11 is 0. The molecule has 3 nitrogen and oxygen atoms in total. The van der Waals surface area contributed by atoms with Crippen LogP contribution in [0.15, 0.2) is 18.3 Å². The van der Waals surface area contributed by atoms with Crippen LogP contribution < -0.4 is 5.32 Å². The molecule has 1 N–H and O–H groups in total. The van der Waals surface area contributed by atoms with Crippen molar-refractivity contribution in [2.75, 3.05) is 19.8 Å². The average Bonchev–Trinajstić information content (AvgIpc) is 2.33. The third-order valence-electron chi connectivity index (χ3n) is 2.99. The van der Waals surface area contributed by atoms with Crippen LogP contribution >= 0.6 is 0 Å². The van der Waals surface area contributed by atoms with Gasteiger partial charge >= 0.3 is 0 Å². The SMILES string of the molecule is Cc1ccc(CNCC2CCCOC2)cn1. The van der Waals surface area contributed by atoms with Crippen molar-refractivity contribution in [1.82, 2.24) is 10.3 Å². The van der Waals surface area contributed by atoms with E-state index in [1.807, 2.05) is 13.1 Å². The maximum Gasteiger partial charge on any atom is 0.0506 e. The number of pyridine rings is 1. The van der Waals surface area contributed by atoms with Gasteiger partial charge in [0.2, 0.25) is 0 Å². The van der Waals surface area contributed by atoms with Crippen LogP contribution in [0.5, 0.6) is 0 Å². The van der Waals surface area contributed by atoms with E-state index in [1.54, 1.807) is 0 Å². The molecule has 2 heterocycles. The van der Waals surface area contributed by atoms with Crippen LogP contribution in [-0.4, -0.2) is 24.7 Å². The Morgan fingerprint density at radius 2 is 2.44 bits per heavy atom. The number of rotatable bonds is 4. The van der Waals surface area contributed by atoms with E-state index in [9.17, 15) is 0 Å². The third-order valence-corrected chi connectivity index (χ3v) is 2.99. The summed E-state index contributed by atoms with van der Waals surface area (Å²) in [5.74, 6) is 0.687. The molecule has 0 spiro atoms. The van der Waals surface area contributed by atoms with Gasteiger partial charge in [0.05, 0.1) is 6.61 Å². The number of hydrogen-bond donors (Lipinski definition) is 1. The summed E-state index contributed by atoms with van der Waals surface area (Å²) in [5, 5.41) is 3.47. The molecule has 1 atom stereocenters. The quantitative estimate of drug-likeness (QED) is 0.841. The van der Waals surface area contributed by atoms with E-state index in [1.165, 1.54) is 18.4 Å². The van der Waals surface area contributed by atoms with E-state index in [0.29, 0.717) is 5.92 Å². The third kappa shape index (κ3) is 3.58. The van der Waals surface area contributed by atoms with Crippen molar-refractivity contribution >= 4 is 0 Å². The van der Waals surface area contributed by atoms with Gasteiger partial charge in [-0.05, 0) is 37.3 Å². The van der Waals surface area contributed by atoms with Crippen molar-refractivity contribution in [2.24, 2.45) is 5.92 Å². The van der Waals surface area contributed by atoms with Crippen LogP contribution in [0, 0.1) is 12.8 Å². The molecular weight excluding hydrogens is 200 g/mol. The Bertz CT molecular complexity index is 304. The molecule has 1 aromatic heterocycles. The minimum Gasteiger partial charge on any atom is -0.381 e. The molecule has 0 bridgehead atoms. The van der Waals surface area contributed by atoms with Gasteiger partial charge in [-0.15, -0.1) is 0 Å². The summed E-state index contributed by atoms with van der Waals surface area (Å²) < 4.78 is 5.45. The fourth-order valence-electron chi connectivity index (χ4n) is 1.99. The molecule has 1 fully saturated rings. The molecule has 16 heavy (non-hydrogen) atoms. The monoisotopic (exact) mass is 220 g/mol. The lowest BCUT2D eigenvalue weighted by Crippen LogP contribution is -2.28. The summed E-state index contributed by atoms with van der Waals surface area (Å²) in [7, 11) is 0. The number of hydrogen-bond acceptors (Lipinski definition) is 3. The first-order valence-corrected chi connectivity index (χ1v) is 6.04. The van der Waals surface area contributed by atoms with Crippen LogP contribution in [0.3, 0.4) is 0 Å². The molecule has 0 saturated carbocycles. The number of aryl methyl sites for hydroxylation is 1. The summed E-state index contributed by atoms with van der Waals surface area (Å²) in [4.78, 5) is 4.28. The average molecular weight is 220 g/mol. The Morgan fingerprint density at radius 1 is 1.50 bits per heavy atom. The van der Waals surface area contributed by atoms with Crippen LogP contribution in [0.1, 0.15) is 24.1 Å². The highest BCUT2D eigenvalue weighted by Gasteiger charge is 2.12. The lowest BCUT2D eigenvalue weighted by molar-refractivity contribution is 0.0547. The first-order valence-electron chi connectivity index (χ1n) is 6.04. The van der Waals surface area contributed by atoms with Crippen LogP contribution in [0.25, 0.3) is 0 Å². The molecule has 1 unspecified atom stereocenters. The molecule has 1 aliphatic rings. The van der Waals surface area contributed by atoms with E-state index in [-0.39, 0.29) is 0 Å². The molecule has 1 saturated heterocycles. The van der Waals surface area contributed by atoms with Gasteiger partial charge in [-0.1, -0.05) is 6.07 Å². The smallest absolute Gasteiger partial charge is 0.0506 e. The molecule has 1 aliphatic heterocycles. The number of nitrogens with one attached hydrogen (secondary N) is 1. The van der Waals surface area contributed by atoms with Gasteiger partial charge in [-0.25, -0.2) is 0 Å². The highest BCUT2D eigenvalue weighted by Crippen LogP contribution is 2.12. The van der Waals surface area contributed by atoms with Crippen LogP contribution in [0.2, 0.25) is 0 Å². The zero-order valence-corrected chi connectivity index (χ0v) is 9.91. The Balaban J connectivity index is 1.69. The fourth-order valence-corrected chi connectivity index (χ4v) is 1.99.